The van der Waals surface area contributed by atoms with Crippen molar-refractivity contribution >= 4 is 35.8 Å². The highest BCUT2D eigenvalue weighted by Crippen LogP contribution is 2.16. The number of amides is 1. The molecule has 0 saturated carbocycles. The van der Waals surface area contributed by atoms with Gasteiger partial charge in [-0.15, -0.1) is 24.0 Å². The molecule has 2 N–H and O–H groups in total. The van der Waals surface area contributed by atoms with Gasteiger partial charge in [0.1, 0.15) is 0 Å². The number of hydrogen-bond acceptors (Lipinski definition) is 5. The molecule has 2 rings (SSSR count). The van der Waals surface area contributed by atoms with Gasteiger partial charge in [-0.05, 0) is 27.9 Å². The minimum Gasteiger partial charge on any atom is -0.354 e. The van der Waals surface area contributed by atoms with Gasteiger partial charge < -0.3 is 20.4 Å². The molecule has 1 fully saturated rings. The molecule has 9 nitrogen and oxygen atoms in total. The molecule has 166 valence electrons. The zero-order valence-corrected chi connectivity index (χ0v) is 20.9. The number of rotatable bonds is 7. The molecular formula is C19H37IN8O. The number of aliphatic imine (C=N–C) groups is 1. The van der Waals surface area contributed by atoms with E-state index in [-0.39, 0.29) is 42.0 Å². The van der Waals surface area contributed by atoms with Gasteiger partial charge >= 0.3 is 0 Å². The van der Waals surface area contributed by atoms with Crippen LogP contribution in [-0.4, -0.2) is 103 Å². The Morgan fingerprint density at radius 2 is 1.93 bits per heavy atom. The molecule has 10 heteroatoms. The zero-order valence-electron chi connectivity index (χ0n) is 18.6. The van der Waals surface area contributed by atoms with Crippen LogP contribution in [0.1, 0.15) is 25.5 Å². The summed E-state index contributed by atoms with van der Waals surface area (Å²) in [4.78, 5) is 23.1. The average Bonchev–Trinajstić information content (AvgIpc) is 3.04. The van der Waals surface area contributed by atoms with E-state index in [0.717, 1.165) is 38.7 Å². The van der Waals surface area contributed by atoms with E-state index in [2.05, 4.69) is 55.7 Å². The molecule has 29 heavy (non-hydrogen) atoms. The van der Waals surface area contributed by atoms with Crippen molar-refractivity contribution in [3.05, 3.63) is 18.0 Å². The Morgan fingerprint density at radius 1 is 1.28 bits per heavy atom. The van der Waals surface area contributed by atoms with Gasteiger partial charge in [-0.2, -0.15) is 5.10 Å². The lowest BCUT2D eigenvalue weighted by Crippen LogP contribution is -2.54. The number of carbonyl (C=O) groups is 1. The molecule has 1 atom stereocenters. The van der Waals surface area contributed by atoms with Gasteiger partial charge in [-0.1, -0.05) is 0 Å². The largest absolute Gasteiger partial charge is 0.354 e. The lowest BCUT2D eigenvalue weighted by Gasteiger charge is -2.37. The summed E-state index contributed by atoms with van der Waals surface area (Å²) in [5.74, 6) is 0.998. The minimum absolute atomic E-state index is 0. The lowest BCUT2D eigenvalue weighted by molar-refractivity contribution is -0.123. The van der Waals surface area contributed by atoms with Crippen molar-refractivity contribution in [1.82, 2.24) is 35.1 Å². The quantitative estimate of drug-likeness (QED) is 0.307. The molecule has 1 aliphatic rings. The molecule has 1 aromatic rings. The van der Waals surface area contributed by atoms with Crippen molar-refractivity contribution in [2.75, 3.05) is 60.4 Å². The van der Waals surface area contributed by atoms with Crippen LogP contribution in [0, 0.1) is 0 Å². The number of guanidine groups is 1. The summed E-state index contributed by atoms with van der Waals surface area (Å²) in [6, 6.07) is 0.396. The van der Waals surface area contributed by atoms with Crippen LogP contribution < -0.4 is 10.6 Å². The number of carbonyl (C=O) groups excluding carboxylic acids is 1. The molecule has 0 bridgehead atoms. The SMILES string of the molecule is CN=C(NCC(c1cnn(C)c1)N(C)C)N1CCN(CC(=O)NC(C)C)CC1.I. The van der Waals surface area contributed by atoms with Gasteiger partial charge in [0.2, 0.25) is 5.91 Å². The summed E-state index contributed by atoms with van der Waals surface area (Å²) in [6.07, 6.45) is 3.96. The van der Waals surface area contributed by atoms with Gasteiger partial charge in [0, 0.05) is 64.6 Å². The van der Waals surface area contributed by atoms with Crippen LogP contribution in [0.5, 0.6) is 0 Å². The number of halogens is 1. The van der Waals surface area contributed by atoms with Crippen LogP contribution in [0.2, 0.25) is 0 Å². The third kappa shape index (κ3) is 8.09. The molecule has 1 aliphatic heterocycles. The maximum absolute atomic E-state index is 12.0. The van der Waals surface area contributed by atoms with Gasteiger partial charge in [-0.25, -0.2) is 0 Å². The summed E-state index contributed by atoms with van der Waals surface area (Å²) < 4.78 is 1.83. The highest BCUT2D eigenvalue weighted by atomic mass is 127. The van der Waals surface area contributed by atoms with Crippen molar-refractivity contribution in [3.63, 3.8) is 0 Å². The Labute approximate surface area is 191 Å². The third-order valence-electron chi connectivity index (χ3n) is 4.89. The molecule has 1 saturated heterocycles. The fourth-order valence-electron chi connectivity index (χ4n) is 3.42. The first-order valence-corrected chi connectivity index (χ1v) is 9.92. The Kier molecular flexibility index (Phi) is 10.9. The van der Waals surface area contributed by atoms with Crippen molar-refractivity contribution < 1.29 is 4.79 Å². The first-order chi connectivity index (χ1) is 13.3. The predicted molar refractivity (Wildman–Crippen MR) is 128 cm³/mol. The standard InChI is InChI=1S/C19H36N8O.HI/c1-15(2)23-18(28)14-26-7-9-27(10-8-26)19(20-3)21-12-17(24(4)5)16-11-22-25(6)13-16;/h11,13,15,17H,7-10,12,14H2,1-6H3,(H,20,21)(H,23,28);1H. The summed E-state index contributed by atoms with van der Waals surface area (Å²) in [6.45, 7) is 8.60. The van der Waals surface area contributed by atoms with Gasteiger partial charge in [-0.3, -0.25) is 19.4 Å². The number of aromatic nitrogens is 2. The van der Waals surface area contributed by atoms with E-state index in [4.69, 9.17) is 0 Å². The number of piperazine rings is 1. The lowest BCUT2D eigenvalue weighted by atomic mass is 10.1. The number of hydrogen-bond donors (Lipinski definition) is 2. The average molecular weight is 520 g/mol. The van der Waals surface area contributed by atoms with Crippen molar-refractivity contribution in [2.24, 2.45) is 12.0 Å². The monoisotopic (exact) mass is 520 g/mol. The second-order valence-electron chi connectivity index (χ2n) is 7.84. The van der Waals surface area contributed by atoms with E-state index < -0.39 is 0 Å². The third-order valence-corrected chi connectivity index (χ3v) is 4.89. The summed E-state index contributed by atoms with van der Waals surface area (Å²) in [5.41, 5.74) is 1.18. The summed E-state index contributed by atoms with van der Waals surface area (Å²) in [5, 5.41) is 10.8. The summed E-state index contributed by atoms with van der Waals surface area (Å²) in [7, 11) is 7.90. The van der Waals surface area contributed by atoms with Crippen LogP contribution in [-0.2, 0) is 11.8 Å². The second kappa shape index (κ2) is 12.3. The Morgan fingerprint density at radius 3 is 2.41 bits per heavy atom. The van der Waals surface area contributed by atoms with Crippen molar-refractivity contribution in [1.29, 1.82) is 0 Å². The first-order valence-electron chi connectivity index (χ1n) is 9.92. The number of nitrogens with one attached hydrogen (secondary N) is 2. The molecular weight excluding hydrogens is 483 g/mol. The van der Waals surface area contributed by atoms with Crippen molar-refractivity contribution in [3.8, 4) is 0 Å². The van der Waals surface area contributed by atoms with Crippen LogP contribution in [0.4, 0.5) is 0 Å². The van der Waals surface area contributed by atoms with Crippen molar-refractivity contribution in [2.45, 2.75) is 25.9 Å². The van der Waals surface area contributed by atoms with E-state index in [1.807, 2.05) is 38.8 Å². The zero-order chi connectivity index (χ0) is 20.7. The van der Waals surface area contributed by atoms with Crippen LogP contribution in [0.15, 0.2) is 17.4 Å². The van der Waals surface area contributed by atoms with Gasteiger partial charge in [0.15, 0.2) is 5.96 Å². The first kappa shape index (κ1) is 25.6. The second-order valence-corrected chi connectivity index (χ2v) is 7.84. The van der Waals surface area contributed by atoms with E-state index in [9.17, 15) is 4.79 Å². The highest BCUT2D eigenvalue weighted by molar-refractivity contribution is 14.0. The maximum atomic E-state index is 12.0. The molecule has 0 spiro atoms. The van der Waals surface area contributed by atoms with Crippen LogP contribution >= 0.6 is 24.0 Å². The Balaban J connectivity index is 0.00000420. The highest BCUT2D eigenvalue weighted by Gasteiger charge is 2.23. The van der Waals surface area contributed by atoms with Crippen LogP contribution in [0.25, 0.3) is 0 Å². The Bertz CT molecular complexity index is 652. The number of aryl methyl sites for hydroxylation is 1. The van der Waals surface area contributed by atoms with Gasteiger partial charge in [0.05, 0.1) is 18.8 Å². The normalized spacial score (nSPS) is 16.7. The number of nitrogens with zero attached hydrogens (tertiary/aromatic N) is 6. The van der Waals surface area contributed by atoms with Gasteiger partial charge in [0.25, 0.3) is 0 Å². The van der Waals surface area contributed by atoms with E-state index >= 15 is 0 Å². The smallest absolute Gasteiger partial charge is 0.234 e. The van der Waals surface area contributed by atoms with E-state index in [1.54, 1.807) is 0 Å². The Hall–Kier alpha value is -1.40. The topological polar surface area (TPSA) is 81.0 Å². The molecule has 0 aromatic carbocycles. The van der Waals surface area contributed by atoms with E-state index in [0.29, 0.717) is 6.54 Å². The number of likely N-dealkylation sites (N-methyl/N-ethyl adjacent to an activating group) is 1. The fourth-order valence-corrected chi connectivity index (χ4v) is 3.42. The molecule has 1 unspecified atom stereocenters. The van der Waals surface area contributed by atoms with E-state index in [1.165, 1.54) is 5.56 Å². The molecule has 1 aromatic heterocycles. The maximum Gasteiger partial charge on any atom is 0.234 e. The van der Waals surface area contributed by atoms with Crippen LogP contribution in [0.3, 0.4) is 0 Å². The minimum atomic E-state index is 0. The summed E-state index contributed by atoms with van der Waals surface area (Å²) >= 11 is 0. The molecule has 1 amide bonds. The predicted octanol–water partition coefficient (Wildman–Crippen LogP) is 0.358. The molecule has 2 heterocycles. The molecule has 0 radical (unpaired) electrons. The fraction of sp³-hybridized carbons (Fsp3) is 0.737. The molecule has 0 aliphatic carbocycles.